The molecule has 0 aromatic carbocycles. The van der Waals surface area contributed by atoms with Crippen LogP contribution in [0.25, 0.3) is 0 Å². The van der Waals surface area contributed by atoms with E-state index in [4.69, 9.17) is 18.9 Å². The molecule has 14 nitrogen and oxygen atoms in total. The van der Waals surface area contributed by atoms with Gasteiger partial charge in [-0.05, 0) is 51.4 Å². The van der Waals surface area contributed by atoms with Crippen LogP contribution in [0.4, 0.5) is 0 Å². The number of hydrogen-bond acceptors (Lipinski definition) is 13. The molecule has 14 heteroatoms. The molecule has 84 heavy (non-hydrogen) atoms. The quantitative estimate of drug-likeness (QED) is 0.0204. The summed E-state index contributed by atoms with van der Waals surface area (Å²) in [7, 11) is 0. The molecule has 2 fully saturated rings. The number of hydrogen-bond donors (Lipinski definition) is 9. The molecule has 0 saturated carbocycles. The summed E-state index contributed by atoms with van der Waals surface area (Å²) < 4.78 is 22.8. The van der Waals surface area contributed by atoms with E-state index in [1.54, 1.807) is 0 Å². The van der Waals surface area contributed by atoms with Crippen molar-refractivity contribution in [2.75, 3.05) is 19.8 Å². The molecule has 494 valence electrons. The SMILES string of the molecule is CCCCCCC/C=C\C/C=C\C/C=C\CCCCCCCCCCCCCCCCCCCCCCCCCCC(=O)NC(COC1OC(CO)C(OC2OC(CO)C(O)C(O)C2O)C(O)C1O)C(O)CCCCCCCCCCCCC. The van der Waals surface area contributed by atoms with Crippen LogP contribution in [0.2, 0.25) is 0 Å². The van der Waals surface area contributed by atoms with E-state index in [1.165, 1.54) is 218 Å². The van der Waals surface area contributed by atoms with Gasteiger partial charge in [0.05, 0.1) is 32.0 Å². The van der Waals surface area contributed by atoms with Gasteiger partial charge in [0, 0.05) is 6.42 Å². The summed E-state index contributed by atoms with van der Waals surface area (Å²) in [5, 5.41) is 87.3. The normalized spacial score (nSPS) is 23.8. The average molecular weight is 1190 g/mol. The fraction of sp³-hybridized carbons (Fsp3) is 0.900. The largest absolute Gasteiger partial charge is 0.394 e. The summed E-state index contributed by atoms with van der Waals surface area (Å²) in [5.74, 6) is -0.203. The molecule has 0 aromatic heterocycles. The van der Waals surface area contributed by atoms with Gasteiger partial charge in [-0.15, -0.1) is 0 Å². The van der Waals surface area contributed by atoms with Crippen molar-refractivity contribution in [1.29, 1.82) is 0 Å². The Morgan fingerprint density at radius 1 is 0.429 bits per heavy atom. The smallest absolute Gasteiger partial charge is 0.220 e. The Morgan fingerprint density at radius 2 is 0.786 bits per heavy atom. The van der Waals surface area contributed by atoms with Gasteiger partial charge in [0.15, 0.2) is 12.6 Å². The first-order valence-corrected chi connectivity index (χ1v) is 35.2. The van der Waals surface area contributed by atoms with Gasteiger partial charge >= 0.3 is 0 Å². The summed E-state index contributed by atoms with van der Waals surface area (Å²) in [4.78, 5) is 13.3. The number of aliphatic hydroxyl groups is 8. The topological polar surface area (TPSA) is 228 Å². The van der Waals surface area contributed by atoms with Crippen LogP contribution in [-0.2, 0) is 23.7 Å². The number of carbonyl (C=O) groups is 1. The highest BCUT2D eigenvalue weighted by molar-refractivity contribution is 5.76. The van der Waals surface area contributed by atoms with Crippen molar-refractivity contribution < 1.29 is 64.6 Å². The van der Waals surface area contributed by atoms with Crippen LogP contribution in [0.3, 0.4) is 0 Å². The Morgan fingerprint density at radius 3 is 1.20 bits per heavy atom. The molecule has 0 spiro atoms. The van der Waals surface area contributed by atoms with Gasteiger partial charge in [-0.2, -0.15) is 0 Å². The van der Waals surface area contributed by atoms with E-state index in [0.29, 0.717) is 12.8 Å². The summed E-state index contributed by atoms with van der Waals surface area (Å²) in [6, 6.07) is -0.825. The van der Waals surface area contributed by atoms with Gasteiger partial charge in [-0.3, -0.25) is 4.79 Å². The molecule has 0 aromatic rings. The number of rotatable bonds is 58. The zero-order valence-electron chi connectivity index (χ0n) is 53.7. The van der Waals surface area contributed by atoms with Crippen LogP contribution in [0, 0.1) is 0 Å². The highest BCUT2D eigenvalue weighted by Crippen LogP contribution is 2.30. The number of aliphatic hydroxyl groups excluding tert-OH is 8. The fourth-order valence-electron chi connectivity index (χ4n) is 11.7. The Bertz CT molecular complexity index is 1550. The Balaban J connectivity index is 1.52. The minimum atomic E-state index is -1.78. The van der Waals surface area contributed by atoms with E-state index in [0.717, 1.165) is 64.2 Å². The van der Waals surface area contributed by atoms with Gasteiger partial charge in [0.2, 0.25) is 5.91 Å². The lowest BCUT2D eigenvalue weighted by molar-refractivity contribution is -0.359. The minimum Gasteiger partial charge on any atom is -0.394 e. The second kappa shape index (κ2) is 55.3. The number of carbonyl (C=O) groups excluding carboxylic acids is 1. The van der Waals surface area contributed by atoms with Gasteiger partial charge in [0.1, 0.15) is 48.8 Å². The highest BCUT2D eigenvalue weighted by Gasteiger charge is 2.51. The first kappa shape index (κ1) is 78.3. The lowest BCUT2D eigenvalue weighted by Gasteiger charge is -2.46. The van der Waals surface area contributed by atoms with Crippen molar-refractivity contribution in [1.82, 2.24) is 5.32 Å². The maximum Gasteiger partial charge on any atom is 0.220 e. The third-order valence-electron chi connectivity index (χ3n) is 17.4. The van der Waals surface area contributed by atoms with E-state index in [1.807, 2.05) is 0 Å². The molecule has 2 aliphatic heterocycles. The summed E-state index contributed by atoms with van der Waals surface area (Å²) >= 11 is 0. The second-order valence-electron chi connectivity index (χ2n) is 25.0. The zero-order chi connectivity index (χ0) is 60.9. The van der Waals surface area contributed by atoms with Crippen molar-refractivity contribution in [3.63, 3.8) is 0 Å². The van der Waals surface area contributed by atoms with Crippen molar-refractivity contribution in [2.45, 2.75) is 383 Å². The Hall–Kier alpha value is -1.79. The van der Waals surface area contributed by atoms with Crippen LogP contribution in [0.1, 0.15) is 309 Å². The molecule has 0 aliphatic carbocycles. The molecule has 9 N–H and O–H groups in total. The third kappa shape index (κ3) is 39.3. The highest BCUT2D eigenvalue weighted by atomic mass is 16.7. The predicted molar refractivity (Wildman–Crippen MR) is 341 cm³/mol. The van der Waals surface area contributed by atoms with Crippen LogP contribution in [0.15, 0.2) is 36.5 Å². The van der Waals surface area contributed by atoms with Crippen LogP contribution < -0.4 is 5.32 Å². The molecule has 12 atom stereocenters. The molecule has 12 unspecified atom stereocenters. The van der Waals surface area contributed by atoms with Gasteiger partial charge < -0.3 is 65.1 Å². The number of unbranched alkanes of at least 4 members (excludes halogenated alkanes) is 39. The van der Waals surface area contributed by atoms with Crippen LogP contribution in [0.5, 0.6) is 0 Å². The van der Waals surface area contributed by atoms with Crippen molar-refractivity contribution in [3.8, 4) is 0 Å². The Kier molecular flexibility index (Phi) is 51.5. The number of allylic oxidation sites excluding steroid dienone is 6. The fourth-order valence-corrected chi connectivity index (χ4v) is 11.7. The van der Waals surface area contributed by atoms with Crippen LogP contribution in [-0.4, -0.2) is 140 Å². The van der Waals surface area contributed by atoms with E-state index in [9.17, 15) is 45.6 Å². The molecule has 0 radical (unpaired) electrons. The van der Waals surface area contributed by atoms with Crippen molar-refractivity contribution >= 4 is 5.91 Å². The molecular weight excluding hydrogens is 1060 g/mol. The standard InChI is InChI=1S/C70H131NO13/c1-3-5-7-9-11-13-15-16-17-18-19-20-21-22-23-24-25-26-27-28-29-30-31-32-33-34-35-36-37-38-39-40-41-42-44-46-48-50-52-54-62(75)71-58(59(74)53-51-49-47-45-43-14-12-10-8-6-4-2)57-81-69-67(80)65(78)68(61(56-73)83-69)84-70-66(79)64(77)63(76)60(55-72)82-70/h15-16,18-19,21-22,58-61,63-70,72-74,76-80H,3-14,17,20,23-57H2,1-2H3,(H,71,75)/b16-15-,19-18-,22-21-. The van der Waals surface area contributed by atoms with Gasteiger partial charge in [0.25, 0.3) is 0 Å². The van der Waals surface area contributed by atoms with Crippen LogP contribution >= 0.6 is 0 Å². The van der Waals surface area contributed by atoms with Gasteiger partial charge in [-0.1, -0.05) is 288 Å². The number of nitrogens with one attached hydrogen (secondary N) is 1. The predicted octanol–water partition coefficient (Wildman–Crippen LogP) is 14.1. The molecule has 2 heterocycles. The molecule has 2 saturated heterocycles. The molecule has 1 amide bonds. The van der Waals surface area contributed by atoms with E-state index in [-0.39, 0.29) is 12.5 Å². The number of ether oxygens (including phenoxy) is 4. The Labute approximate surface area is 512 Å². The minimum absolute atomic E-state index is 0.203. The van der Waals surface area contributed by atoms with Gasteiger partial charge in [-0.25, -0.2) is 0 Å². The second-order valence-corrected chi connectivity index (χ2v) is 25.0. The maximum atomic E-state index is 13.3. The molecular formula is C70H131NO13. The van der Waals surface area contributed by atoms with E-state index < -0.39 is 86.8 Å². The summed E-state index contributed by atoms with van der Waals surface area (Å²) in [5.41, 5.74) is 0. The monoisotopic (exact) mass is 1190 g/mol. The molecule has 0 bridgehead atoms. The van der Waals surface area contributed by atoms with E-state index >= 15 is 0 Å². The summed E-state index contributed by atoms with van der Waals surface area (Å²) in [6.45, 7) is 2.86. The lowest BCUT2D eigenvalue weighted by Crippen LogP contribution is -2.65. The maximum absolute atomic E-state index is 13.3. The average Bonchev–Trinajstić information content (AvgIpc) is 3.59. The van der Waals surface area contributed by atoms with Crippen molar-refractivity contribution in [2.24, 2.45) is 0 Å². The third-order valence-corrected chi connectivity index (χ3v) is 17.4. The number of amides is 1. The summed E-state index contributed by atoms with van der Waals surface area (Å²) in [6.07, 6.45) is 53.4. The lowest BCUT2D eigenvalue weighted by atomic mass is 9.97. The zero-order valence-corrected chi connectivity index (χ0v) is 53.7. The molecule has 2 aliphatic rings. The molecule has 2 rings (SSSR count). The van der Waals surface area contributed by atoms with Crippen molar-refractivity contribution in [3.05, 3.63) is 36.5 Å². The van der Waals surface area contributed by atoms with E-state index in [2.05, 4.69) is 55.6 Å². The first-order chi connectivity index (χ1) is 41.1. The first-order valence-electron chi connectivity index (χ1n) is 35.2.